The smallest absolute Gasteiger partial charge is 0.255 e. The Balaban J connectivity index is 1.43. The SMILES string of the molecule is Cc1cc(Oc2ccc(CSc3ncc(Cc4cnn(C)c4)c(=O)[nH]3)cc2C#N)ccc1F. The normalized spacial score (nSPS) is 10.7. The van der Waals surface area contributed by atoms with Crippen LogP contribution in [0, 0.1) is 24.1 Å². The van der Waals surface area contributed by atoms with Crippen molar-refractivity contribution in [3.63, 3.8) is 0 Å². The van der Waals surface area contributed by atoms with E-state index in [0.29, 0.717) is 45.5 Å². The van der Waals surface area contributed by atoms with E-state index in [1.165, 1.54) is 23.9 Å². The van der Waals surface area contributed by atoms with Crippen molar-refractivity contribution in [1.29, 1.82) is 5.26 Å². The van der Waals surface area contributed by atoms with Crippen molar-refractivity contribution in [2.75, 3.05) is 0 Å². The van der Waals surface area contributed by atoms with Gasteiger partial charge in [0, 0.05) is 37.2 Å². The third-order valence-corrected chi connectivity index (χ3v) is 5.86. The van der Waals surface area contributed by atoms with Gasteiger partial charge in [-0.05, 0) is 53.9 Å². The number of ether oxygens (including phenoxy) is 1. The molecule has 0 aliphatic rings. The Morgan fingerprint density at radius 2 is 2.06 bits per heavy atom. The Labute approximate surface area is 193 Å². The molecule has 0 radical (unpaired) electrons. The fourth-order valence-corrected chi connectivity index (χ4v) is 3.96. The number of aromatic nitrogens is 4. The van der Waals surface area contributed by atoms with Crippen molar-refractivity contribution in [3.05, 3.63) is 99.0 Å². The molecule has 0 atom stereocenters. The lowest BCUT2D eigenvalue weighted by Crippen LogP contribution is -2.14. The fraction of sp³-hybridized carbons (Fsp3) is 0.167. The minimum Gasteiger partial charge on any atom is -0.456 e. The molecule has 0 saturated carbocycles. The number of hydrogen-bond acceptors (Lipinski definition) is 6. The third kappa shape index (κ3) is 5.48. The van der Waals surface area contributed by atoms with Gasteiger partial charge in [-0.15, -0.1) is 0 Å². The lowest BCUT2D eigenvalue weighted by atomic mass is 10.1. The Kier molecular flexibility index (Phi) is 6.56. The molecule has 166 valence electrons. The average Bonchev–Trinajstić information content (AvgIpc) is 3.21. The van der Waals surface area contributed by atoms with Crippen LogP contribution in [0.15, 0.2) is 64.9 Å². The molecule has 0 spiro atoms. The van der Waals surface area contributed by atoms with Crippen molar-refractivity contribution in [1.82, 2.24) is 19.7 Å². The van der Waals surface area contributed by atoms with Crippen LogP contribution in [0.3, 0.4) is 0 Å². The van der Waals surface area contributed by atoms with Gasteiger partial charge in [0.2, 0.25) is 0 Å². The van der Waals surface area contributed by atoms with E-state index < -0.39 is 0 Å². The number of halogens is 1. The average molecular weight is 462 g/mol. The lowest BCUT2D eigenvalue weighted by molar-refractivity contribution is 0.478. The van der Waals surface area contributed by atoms with Crippen molar-refractivity contribution in [2.24, 2.45) is 7.05 Å². The number of hydrogen-bond donors (Lipinski definition) is 1. The van der Waals surface area contributed by atoms with Gasteiger partial charge in [0.15, 0.2) is 5.16 Å². The van der Waals surface area contributed by atoms with Crippen molar-refractivity contribution < 1.29 is 9.13 Å². The molecule has 0 aliphatic heterocycles. The molecule has 9 heteroatoms. The molecule has 33 heavy (non-hydrogen) atoms. The number of nitrogens with zero attached hydrogens (tertiary/aromatic N) is 4. The third-order valence-electron chi connectivity index (χ3n) is 4.90. The van der Waals surface area contributed by atoms with Gasteiger partial charge in [0.25, 0.3) is 5.56 Å². The van der Waals surface area contributed by atoms with Crippen LogP contribution in [0.1, 0.15) is 27.8 Å². The molecule has 2 aromatic heterocycles. The molecule has 0 aliphatic carbocycles. The molecule has 0 bridgehead atoms. The van der Waals surface area contributed by atoms with Gasteiger partial charge < -0.3 is 9.72 Å². The standard InChI is InChI=1S/C24H20FN5O2S/c1-15-7-20(4-5-21(15)25)32-22-6-3-16(8-18(22)10-26)14-33-24-27-12-19(23(31)29-24)9-17-11-28-30(2)13-17/h3-8,11-13H,9,14H2,1-2H3,(H,27,29,31). The first-order chi connectivity index (χ1) is 15.9. The monoisotopic (exact) mass is 461 g/mol. The summed E-state index contributed by atoms with van der Waals surface area (Å²) in [6.07, 6.45) is 5.62. The number of aryl methyl sites for hydroxylation is 2. The highest BCUT2D eigenvalue weighted by molar-refractivity contribution is 7.98. The summed E-state index contributed by atoms with van der Waals surface area (Å²) in [7, 11) is 1.83. The van der Waals surface area contributed by atoms with Crippen LogP contribution < -0.4 is 10.3 Å². The number of thioether (sulfide) groups is 1. The van der Waals surface area contributed by atoms with Gasteiger partial charge in [-0.2, -0.15) is 10.4 Å². The second kappa shape index (κ2) is 9.71. The van der Waals surface area contributed by atoms with Crippen molar-refractivity contribution in [2.45, 2.75) is 24.3 Å². The van der Waals surface area contributed by atoms with E-state index in [1.807, 2.05) is 19.3 Å². The zero-order valence-electron chi connectivity index (χ0n) is 18.0. The van der Waals surface area contributed by atoms with Crippen molar-refractivity contribution >= 4 is 11.8 Å². The maximum atomic E-state index is 13.5. The van der Waals surface area contributed by atoms with E-state index in [4.69, 9.17) is 4.74 Å². The predicted molar refractivity (Wildman–Crippen MR) is 123 cm³/mol. The Morgan fingerprint density at radius 3 is 2.76 bits per heavy atom. The summed E-state index contributed by atoms with van der Waals surface area (Å²) >= 11 is 1.36. The van der Waals surface area contributed by atoms with E-state index in [1.54, 1.807) is 42.2 Å². The summed E-state index contributed by atoms with van der Waals surface area (Å²) in [5, 5.41) is 14.1. The molecule has 1 N–H and O–H groups in total. The number of rotatable bonds is 7. The number of nitrogens with one attached hydrogen (secondary N) is 1. The maximum absolute atomic E-state index is 13.5. The van der Waals surface area contributed by atoms with Crippen LogP contribution in [-0.4, -0.2) is 19.7 Å². The minimum absolute atomic E-state index is 0.188. The van der Waals surface area contributed by atoms with Gasteiger partial charge in [0.1, 0.15) is 23.4 Å². The molecular formula is C24H20FN5O2S. The summed E-state index contributed by atoms with van der Waals surface area (Å²) in [6, 6.07) is 11.8. The van der Waals surface area contributed by atoms with Crippen LogP contribution in [0.2, 0.25) is 0 Å². The summed E-state index contributed by atoms with van der Waals surface area (Å²) in [6.45, 7) is 1.65. The molecule has 7 nitrogen and oxygen atoms in total. The molecule has 2 aromatic carbocycles. The second-order valence-corrected chi connectivity index (χ2v) is 8.45. The van der Waals surface area contributed by atoms with E-state index in [9.17, 15) is 14.4 Å². The predicted octanol–water partition coefficient (Wildman–Crippen LogP) is 4.50. The Bertz CT molecular complexity index is 1410. The van der Waals surface area contributed by atoms with E-state index >= 15 is 0 Å². The highest BCUT2D eigenvalue weighted by atomic mass is 32.2. The minimum atomic E-state index is -0.313. The fourth-order valence-electron chi connectivity index (χ4n) is 3.19. The maximum Gasteiger partial charge on any atom is 0.255 e. The molecule has 4 aromatic rings. The molecule has 0 unspecified atom stereocenters. The molecular weight excluding hydrogens is 441 g/mol. The zero-order valence-corrected chi connectivity index (χ0v) is 18.8. The van der Waals surface area contributed by atoms with Gasteiger partial charge in [-0.25, -0.2) is 9.37 Å². The zero-order chi connectivity index (χ0) is 23.4. The highest BCUT2D eigenvalue weighted by Crippen LogP contribution is 2.29. The van der Waals surface area contributed by atoms with Gasteiger partial charge in [-0.3, -0.25) is 9.48 Å². The van der Waals surface area contributed by atoms with Crippen LogP contribution in [-0.2, 0) is 19.2 Å². The first-order valence-corrected chi connectivity index (χ1v) is 11.1. The molecule has 0 saturated heterocycles. The Morgan fingerprint density at radius 1 is 1.21 bits per heavy atom. The van der Waals surface area contributed by atoms with Crippen LogP contribution >= 0.6 is 11.8 Å². The second-order valence-electron chi connectivity index (χ2n) is 7.49. The summed E-state index contributed by atoms with van der Waals surface area (Å²) in [5.74, 6) is 1.05. The molecule has 4 rings (SSSR count). The van der Waals surface area contributed by atoms with Crippen LogP contribution in [0.4, 0.5) is 4.39 Å². The first-order valence-electron chi connectivity index (χ1n) is 10.1. The number of H-pyrrole nitrogens is 1. The summed E-state index contributed by atoms with van der Waals surface area (Å²) in [4.78, 5) is 19.6. The number of benzene rings is 2. The lowest BCUT2D eigenvalue weighted by Gasteiger charge is -2.10. The summed E-state index contributed by atoms with van der Waals surface area (Å²) < 4.78 is 20.9. The van der Waals surface area contributed by atoms with Gasteiger partial charge >= 0.3 is 0 Å². The molecule has 2 heterocycles. The number of aromatic amines is 1. The van der Waals surface area contributed by atoms with E-state index in [-0.39, 0.29) is 11.4 Å². The first kappa shape index (κ1) is 22.3. The van der Waals surface area contributed by atoms with Gasteiger partial charge in [0.05, 0.1) is 11.8 Å². The largest absolute Gasteiger partial charge is 0.456 e. The summed E-state index contributed by atoms with van der Waals surface area (Å²) in [5.41, 5.74) is 3.02. The van der Waals surface area contributed by atoms with Crippen LogP contribution in [0.25, 0.3) is 0 Å². The Hall–Kier alpha value is -3.90. The topological polar surface area (TPSA) is 96.6 Å². The van der Waals surface area contributed by atoms with E-state index in [0.717, 1.165) is 11.1 Å². The van der Waals surface area contributed by atoms with Crippen LogP contribution in [0.5, 0.6) is 11.5 Å². The highest BCUT2D eigenvalue weighted by Gasteiger charge is 2.10. The molecule has 0 fully saturated rings. The van der Waals surface area contributed by atoms with E-state index in [2.05, 4.69) is 21.1 Å². The number of nitriles is 1. The van der Waals surface area contributed by atoms with Gasteiger partial charge in [-0.1, -0.05) is 17.8 Å². The molecule has 0 amide bonds. The quantitative estimate of drug-likeness (QED) is 0.322. The van der Waals surface area contributed by atoms with Crippen molar-refractivity contribution in [3.8, 4) is 17.6 Å².